The van der Waals surface area contributed by atoms with Gasteiger partial charge in [-0.25, -0.2) is 4.79 Å². The van der Waals surface area contributed by atoms with Crippen LogP contribution in [0.25, 0.3) is 0 Å². The molecule has 1 heterocycles. The SMILES string of the molecule is C[C@H](OC(=O)c1ccc(N2CCCC2=O)cc1)C(=O)N(C)Cc1ccccc1. The molecule has 6 nitrogen and oxygen atoms in total. The monoisotopic (exact) mass is 380 g/mol. The Morgan fingerprint density at radius 1 is 1.11 bits per heavy atom. The smallest absolute Gasteiger partial charge is 0.338 e. The summed E-state index contributed by atoms with van der Waals surface area (Å²) in [5.74, 6) is -0.735. The van der Waals surface area contributed by atoms with Gasteiger partial charge in [0.15, 0.2) is 6.10 Å². The van der Waals surface area contributed by atoms with Crippen molar-refractivity contribution in [2.75, 3.05) is 18.5 Å². The van der Waals surface area contributed by atoms with Gasteiger partial charge in [0.25, 0.3) is 5.91 Å². The van der Waals surface area contributed by atoms with Gasteiger partial charge in [-0.1, -0.05) is 30.3 Å². The van der Waals surface area contributed by atoms with E-state index in [0.717, 1.165) is 17.7 Å². The van der Waals surface area contributed by atoms with Gasteiger partial charge in [-0.2, -0.15) is 0 Å². The van der Waals surface area contributed by atoms with E-state index in [9.17, 15) is 14.4 Å². The predicted molar refractivity (Wildman–Crippen MR) is 106 cm³/mol. The number of hydrogen-bond donors (Lipinski definition) is 0. The standard InChI is InChI=1S/C22H24N2O4/c1-16(21(26)23(2)15-17-7-4-3-5-8-17)28-22(27)18-10-12-19(13-11-18)24-14-6-9-20(24)25/h3-5,7-8,10-13,16H,6,9,14-15H2,1-2H3/t16-/m0/s1. The van der Waals surface area contributed by atoms with E-state index in [1.807, 2.05) is 30.3 Å². The number of hydrogen-bond acceptors (Lipinski definition) is 4. The number of benzene rings is 2. The van der Waals surface area contributed by atoms with E-state index in [4.69, 9.17) is 4.74 Å². The van der Waals surface area contributed by atoms with Crippen molar-refractivity contribution in [1.82, 2.24) is 4.90 Å². The van der Waals surface area contributed by atoms with Crippen molar-refractivity contribution >= 4 is 23.5 Å². The predicted octanol–water partition coefficient (Wildman–Crippen LogP) is 3.02. The van der Waals surface area contributed by atoms with Crippen LogP contribution in [0.1, 0.15) is 35.7 Å². The average molecular weight is 380 g/mol. The third kappa shape index (κ3) is 4.57. The van der Waals surface area contributed by atoms with Crippen LogP contribution < -0.4 is 4.90 Å². The van der Waals surface area contributed by atoms with Crippen LogP contribution in [0, 0.1) is 0 Å². The van der Waals surface area contributed by atoms with Crippen molar-refractivity contribution in [3.05, 3.63) is 65.7 Å². The Bertz CT molecular complexity index is 849. The fourth-order valence-electron chi connectivity index (χ4n) is 3.22. The zero-order chi connectivity index (χ0) is 20.1. The molecule has 0 aromatic heterocycles. The van der Waals surface area contributed by atoms with Crippen LogP contribution in [0.3, 0.4) is 0 Å². The van der Waals surface area contributed by atoms with Crippen LogP contribution in [0.15, 0.2) is 54.6 Å². The molecule has 1 saturated heterocycles. The first-order valence-electron chi connectivity index (χ1n) is 9.36. The van der Waals surface area contributed by atoms with E-state index < -0.39 is 12.1 Å². The summed E-state index contributed by atoms with van der Waals surface area (Å²) >= 11 is 0. The molecule has 146 valence electrons. The van der Waals surface area contributed by atoms with Gasteiger partial charge in [-0.15, -0.1) is 0 Å². The molecule has 0 saturated carbocycles. The minimum atomic E-state index is -0.888. The number of nitrogens with zero attached hydrogens (tertiary/aromatic N) is 2. The highest BCUT2D eigenvalue weighted by Gasteiger charge is 2.24. The third-order valence-corrected chi connectivity index (χ3v) is 4.76. The summed E-state index contributed by atoms with van der Waals surface area (Å²) in [4.78, 5) is 39.9. The van der Waals surface area contributed by atoms with E-state index in [1.54, 1.807) is 43.1 Å². The van der Waals surface area contributed by atoms with Gasteiger partial charge in [0.1, 0.15) is 0 Å². The van der Waals surface area contributed by atoms with E-state index in [0.29, 0.717) is 25.1 Å². The number of carbonyl (C=O) groups is 3. The number of likely N-dealkylation sites (N-methyl/N-ethyl adjacent to an activating group) is 1. The third-order valence-electron chi connectivity index (χ3n) is 4.76. The molecule has 0 radical (unpaired) electrons. The number of ether oxygens (including phenoxy) is 1. The van der Waals surface area contributed by atoms with Gasteiger partial charge >= 0.3 is 5.97 Å². The fraction of sp³-hybridized carbons (Fsp3) is 0.318. The maximum absolute atomic E-state index is 12.5. The number of esters is 1. The first-order valence-corrected chi connectivity index (χ1v) is 9.36. The van der Waals surface area contributed by atoms with Crippen molar-refractivity contribution < 1.29 is 19.1 Å². The largest absolute Gasteiger partial charge is 0.449 e. The normalized spacial score (nSPS) is 14.6. The van der Waals surface area contributed by atoms with Gasteiger partial charge in [0.2, 0.25) is 5.91 Å². The zero-order valence-electron chi connectivity index (χ0n) is 16.1. The molecule has 0 unspecified atom stereocenters. The summed E-state index contributed by atoms with van der Waals surface area (Å²) in [5, 5.41) is 0. The second-order valence-electron chi connectivity index (χ2n) is 6.92. The minimum absolute atomic E-state index is 0.0935. The number of amides is 2. The lowest BCUT2D eigenvalue weighted by atomic mass is 10.2. The Hall–Kier alpha value is -3.15. The van der Waals surface area contributed by atoms with Crippen LogP contribution in [0.4, 0.5) is 5.69 Å². The summed E-state index contributed by atoms with van der Waals surface area (Å²) in [5.41, 5.74) is 2.12. The summed E-state index contributed by atoms with van der Waals surface area (Å²) in [6, 6.07) is 16.3. The van der Waals surface area contributed by atoms with Crippen molar-refractivity contribution in [2.45, 2.75) is 32.4 Å². The lowest BCUT2D eigenvalue weighted by Gasteiger charge is -2.21. The molecule has 1 aliphatic heterocycles. The maximum Gasteiger partial charge on any atom is 0.338 e. The molecule has 1 aliphatic rings. The Balaban J connectivity index is 1.57. The zero-order valence-corrected chi connectivity index (χ0v) is 16.1. The Morgan fingerprint density at radius 2 is 1.79 bits per heavy atom. The summed E-state index contributed by atoms with van der Waals surface area (Å²) in [6.45, 7) is 2.71. The molecule has 2 aromatic rings. The lowest BCUT2D eigenvalue weighted by molar-refractivity contribution is -0.139. The van der Waals surface area contributed by atoms with Crippen molar-refractivity contribution in [2.24, 2.45) is 0 Å². The molecular weight excluding hydrogens is 356 g/mol. The first-order chi connectivity index (χ1) is 13.5. The van der Waals surface area contributed by atoms with Crippen molar-refractivity contribution in [3.63, 3.8) is 0 Å². The molecule has 6 heteroatoms. The highest BCUT2D eigenvalue weighted by atomic mass is 16.5. The van der Waals surface area contributed by atoms with E-state index in [-0.39, 0.29) is 11.8 Å². The van der Waals surface area contributed by atoms with Gasteiger partial charge < -0.3 is 14.5 Å². The molecule has 2 aromatic carbocycles. The van der Waals surface area contributed by atoms with Gasteiger partial charge in [-0.3, -0.25) is 9.59 Å². The molecule has 0 N–H and O–H groups in total. The van der Waals surface area contributed by atoms with Crippen LogP contribution in [0.5, 0.6) is 0 Å². The summed E-state index contributed by atoms with van der Waals surface area (Å²) in [6.07, 6.45) is 0.514. The Kier molecular flexibility index (Phi) is 6.09. The molecule has 0 bridgehead atoms. The minimum Gasteiger partial charge on any atom is -0.449 e. The maximum atomic E-state index is 12.5. The van der Waals surface area contributed by atoms with E-state index >= 15 is 0 Å². The molecular formula is C22H24N2O4. The van der Waals surface area contributed by atoms with Gasteiger partial charge in [0.05, 0.1) is 5.56 Å². The quantitative estimate of drug-likeness (QED) is 0.723. The average Bonchev–Trinajstić information content (AvgIpc) is 3.14. The molecule has 28 heavy (non-hydrogen) atoms. The van der Waals surface area contributed by atoms with Crippen LogP contribution in [0.2, 0.25) is 0 Å². The molecule has 0 aliphatic carbocycles. The highest BCUT2D eigenvalue weighted by molar-refractivity contribution is 5.96. The molecule has 2 amide bonds. The van der Waals surface area contributed by atoms with E-state index in [2.05, 4.69) is 0 Å². The summed E-state index contributed by atoms with van der Waals surface area (Å²) < 4.78 is 5.33. The molecule has 3 rings (SSSR count). The van der Waals surface area contributed by atoms with E-state index in [1.165, 1.54) is 4.90 Å². The topological polar surface area (TPSA) is 66.9 Å². The summed E-state index contributed by atoms with van der Waals surface area (Å²) in [7, 11) is 1.68. The number of carbonyl (C=O) groups excluding carboxylic acids is 3. The van der Waals surface area contributed by atoms with Crippen molar-refractivity contribution in [3.8, 4) is 0 Å². The van der Waals surface area contributed by atoms with Gasteiger partial charge in [0, 0.05) is 32.2 Å². The lowest BCUT2D eigenvalue weighted by Crippen LogP contribution is -2.37. The molecule has 1 atom stereocenters. The second-order valence-corrected chi connectivity index (χ2v) is 6.92. The number of anilines is 1. The van der Waals surface area contributed by atoms with Crippen LogP contribution >= 0.6 is 0 Å². The highest BCUT2D eigenvalue weighted by Crippen LogP contribution is 2.22. The Morgan fingerprint density at radius 3 is 2.39 bits per heavy atom. The van der Waals surface area contributed by atoms with Crippen LogP contribution in [-0.2, 0) is 20.9 Å². The molecule has 1 fully saturated rings. The first kappa shape index (κ1) is 19.6. The fourth-order valence-corrected chi connectivity index (χ4v) is 3.22. The number of rotatable bonds is 6. The molecule has 0 spiro atoms. The second kappa shape index (κ2) is 8.69. The van der Waals surface area contributed by atoms with Crippen LogP contribution in [-0.4, -0.2) is 42.4 Å². The Labute approximate surface area is 164 Å². The van der Waals surface area contributed by atoms with Gasteiger partial charge in [-0.05, 0) is 43.2 Å². The van der Waals surface area contributed by atoms with Crippen molar-refractivity contribution in [1.29, 1.82) is 0 Å².